The molecule has 0 bridgehead atoms. The maximum absolute atomic E-state index is 12.8. The van der Waals surface area contributed by atoms with Gasteiger partial charge in [-0.2, -0.15) is 0 Å². The lowest BCUT2D eigenvalue weighted by molar-refractivity contribution is -0.110. The molecule has 0 aliphatic carbocycles. The highest BCUT2D eigenvalue weighted by atomic mass is 16.2. The van der Waals surface area contributed by atoms with Crippen LogP contribution in [0.2, 0.25) is 0 Å². The van der Waals surface area contributed by atoms with Crippen LogP contribution in [-0.2, 0) is 4.79 Å². The number of fused-ring (bicyclic) bond motifs is 1. The molecule has 3 N–H and O–H groups in total. The molecule has 2 aliphatic heterocycles. The summed E-state index contributed by atoms with van der Waals surface area (Å²) in [5.74, 6) is 0.553. The number of nitrogens with one attached hydrogen (secondary N) is 3. The van der Waals surface area contributed by atoms with Crippen molar-refractivity contribution in [2.75, 3.05) is 41.7 Å². The van der Waals surface area contributed by atoms with Crippen LogP contribution in [0.5, 0.6) is 0 Å². The number of carbonyl (C=O) groups is 1. The van der Waals surface area contributed by atoms with E-state index in [1.807, 2.05) is 38.2 Å². The topological polar surface area (TPSA) is 95.1 Å². The first-order valence-electron chi connectivity index (χ1n) is 10.7. The van der Waals surface area contributed by atoms with Gasteiger partial charge in [0.2, 0.25) is 0 Å². The SMILES string of the molecule is C/C(Nc1ccc(N2CCNCC2)cn1)=C1/C(=O)Nc2cnc(-c3cnccc3C)cc21. The Morgan fingerprint density at radius 2 is 1.91 bits per heavy atom. The zero-order chi connectivity index (χ0) is 22.1. The highest BCUT2D eigenvalue weighted by Crippen LogP contribution is 2.36. The Morgan fingerprint density at radius 1 is 1.06 bits per heavy atom. The van der Waals surface area contributed by atoms with Crippen molar-refractivity contribution in [3.05, 3.63) is 65.9 Å². The number of rotatable bonds is 4. The standard InChI is InChI=1S/C24H25N7O/c1-15-5-6-26-13-19(15)20-11-18-21(14-27-20)30-24(32)23(18)16(2)29-22-4-3-17(12-28-22)31-9-7-25-8-10-31/h3-6,11-14,25H,7-10H2,1-2H3,(H,28,29)(H,30,32)/b23-16-. The summed E-state index contributed by atoms with van der Waals surface area (Å²) in [5.41, 5.74) is 6.79. The van der Waals surface area contributed by atoms with Gasteiger partial charge in [-0.15, -0.1) is 0 Å². The second-order valence-electron chi connectivity index (χ2n) is 8.02. The Labute approximate surface area is 186 Å². The number of pyridine rings is 3. The number of aromatic nitrogens is 3. The molecule has 1 saturated heterocycles. The Kier molecular flexibility index (Phi) is 5.28. The highest BCUT2D eigenvalue weighted by molar-refractivity contribution is 6.32. The minimum Gasteiger partial charge on any atom is -0.368 e. The van der Waals surface area contributed by atoms with E-state index in [9.17, 15) is 4.79 Å². The van der Waals surface area contributed by atoms with E-state index in [4.69, 9.17) is 0 Å². The van der Waals surface area contributed by atoms with E-state index in [1.54, 1.807) is 18.6 Å². The van der Waals surface area contributed by atoms with Crippen LogP contribution in [-0.4, -0.2) is 47.0 Å². The number of hydrogen-bond acceptors (Lipinski definition) is 7. The lowest BCUT2D eigenvalue weighted by Gasteiger charge is -2.29. The third kappa shape index (κ3) is 3.80. The van der Waals surface area contributed by atoms with Crippen LogP contribution in [0, 0.1) is 6.92 Å². The van der Waals surface area contributed by atoms with Crippen molar-refractivity contribution in [3.63, 3.8) is 0 Å². The first-order chi connectivity index (χ1) is 15.6. The summed E-state index contributed by atoms with van der Waals surface area (Å²) < 4.78 is 0. The Hall–Kier alpha value is -3.78. The van der Waals surface area contributed by atoms with Crippen LogP contribution >= 0.6 is 0 Å². The molecule has 2 aliphatic rings. The van der Waals surface area contributed by atoms with Crippen molar-refractivity contribution < 1.29 is 4.79 Å². The van der Waals surface area contributed by atoms with Crippen molar-refractivity contribution in [1.29, 1.82) is 0 Å². The molecule has 8 heteroatoms. The normalized spacial score (nSPS) is 17.1. The Morgan fingerprint density at radius 3 is 2.66 bits per heavy atom. The van der Waals surface area contributed by atoms with Crippen LogP contribution in [0.1, 0.15) is 18.1 Å². The molecular formula is C24H25N7O. The van der Waals surface area contributed by atoms with Gasteiger partial charge in [-0.3, -0.25) is 14.8 Å². The van der Waals surface area contributed by atoms with Crippen LogP contribution in [0.3, 0.4) is 0 Å². The average Bonchev–Trinajstić information content (AvgIpc) is 3.15. The van der Waals surface area contributed by atoms with Crippen LogP contribution in [0.25, 0.3) is 16.8 Å². The fourth-order valence-corrected chi connectivity index (χ4v) is 4.15. The molecule has 0 unspecified atom stereocenters. The molecule has 3 aromatic rings. The van der Waals surface area contributed by atoms with Crippen LogP contribution < -0.4 is 20.9 Å². The summed E-state index contributed by atoms with van der Waals surface area (Å²) in [6, 6.07) is 7.91. The van der Waals surface area contributed by atoms with Gasteiger partial charge in [0, 0.05) is 55.4 Å². The fourth-order valence-electron chi connectivity index (χ4n) is 4.15. The monoisotopic (exact) mass is 427 g/mol. The molecule has 162 valence electrons. The number of nitrogens with zero attached hydrogens (tertiary/aromatic N) is 4. The minimum atomic E-state index is -0.149. The van der Waals surface area contributed by atoms with Crippen molar-refractivity contribution in [1.82, 2.24) is 20.3 Å². The third-order valence-corrected chi connectivity index (χ3v) is 5.88. The molecule has 1 amide bonds. The smallest absolute Gasteiger partial charge is 0.258 e. The molecule has 3 aromatic heterocycles. The molecule has 5 rings (SSSR count). The molecule has 5 heterocycles. The molecule has 1 fully saturated rings. The number of aryl methyl sites for hydroxylation is 1. The molecule has 0 saturated carbocycles. The first kappa shape index (κ1) is 20.1. The van der Waals surface area contributed by atoms with Crippen molar-refractivity contribution in [2.45, 2.75) is 13.8 Å². The Bertz CT molecular complexity index is 1200. The van der Waals surface area contributed by atoms with E-state index < -0.39 is 0 Å². The predicted molar refractivity (Wildman–Crippen MR) is 126 cm³/mol. The van der Waals surface area contributed by atoms with Gasteiger partial charge < -0.3 is 20.9 Å². The first-order valence-corrected chi connectivity index (χ1v) is 10.7. The van der Waals surface area contributed by atoms with Gasteiger partial charge in [0.1, 0.15) is 5.82 Å². The molecular weight excluding hydrogens is 402 g/mol. The summed E-state index contributed by atoms with van der Waals surface area (Å²) in [4.78, 5) is 28.4. The maximum atomic E-state index is 12.8. The predicted octanol–water partition coefficient (Wildman–Crippen LogP) is 3.05. The molecule has 0 radical (unpaired) electrons. The van der Waals surface area contributed by atoms with Gasteiger partial charge in [0.05, 0.1) is 35.0 Å². The summed E-state index contributed by atoms with van der Waals surface area (Å²) >= 11 is 0. The van der Waals surface area contributed by atoms with E-state index >= 15 is 0 Å². The van der Waals surface area contributed by atoms with Gasteiger partial charge in [0.15, 0.2) is 0 Å². The molecule has 0 aromatic carbocycles. The van der Waals surface area contributed by atoms with Gasteiger partial charge in [0.25, 0.3) is 5.91 Å². The largest absolute Gasteiger partial charge is 0.368 e. The average molecular weight is 428 g/mol. The summed E-state index contributed by atoms with van der Waals surface area (Å²) in [5, 5.41) is 9.57. The van der Waals surface area contributed by atoms with E-state index in [-0.39, 0.29) is 5.91 Å². The van der Waals surface area contributed by atoms with E-state index in [0.717, 1.165) is 59.9 Å². The second kappa shape index (κ2) is 8.39. The molecule has 0 atom stereocenters. The number of hydrogen-bond donors (Lipinski definition) is 3. The molecule has 8 nitrogen and oxygen atoms in total. The molecule has 0 spiro atoms. The van der Waals surface area contributed by atoms with Gasteiger partial charge in [-0.1, -0.05) is 0 Å². The number of carbonyl (C=O) groups excluding carboxylic acids is 1. The van der Waals surface area contributed by atoms with Crippen molar-refractivity contribution >= 4 is 28.7 Å². The number of amides is 1. The maximum Gasteiger partial charge on any atom is 0.258 e. The van der Waals surface area contributed by atoms with Crippen LogP contribution in [0.15, 0.2) is 54.7 Å². The zero-order valence-electron chi connectivity index (χ0n) is 18.1. The fraction of sp³-hybridized carbons (Fsp3) is 0.250. The lowest BCUT2D eigenvalue weighted by atomic mass is 10.0. The zero-order valence-corrected chi connectivity index (χ0v) is 18.1. The minimum absolute atomic E-state index is 0.149. The van der Waals surface area contributed by atoms with Gasteiger partial charge >= 0.3 is 0 Å². The van der Waals surface area contributed by atoms with Gasteiger partial charge in [-0.05, 0) is 43.7 Å². The summed E-state index contributed by atoms with van der Waals surface area (Å²) in [7, 11) is 0. The number of piperazine rings is 1. The quantitative estimate of drug-likeness (QED) is 0.551. The van der Waals surface area contributed by atoms with Crippen LogP contribution in [0.4, 0.5) is 17.2 Å². The van der Waals surface area contributed by atoms with Gasteiger partial charge in [-0.25, -0.2) is 4.98 Å². The second-order valence-corrected chi connectivity index (χ2v) is 8.02. The molecule has 32 heavy (non-hydrogen) atoms. The number of allylic oxidation sites excluding steroid dienone is 1. The lowest BCUT2D eigenvalue weighted by Crippen LogP contribution is -2.43. The van der Waals surface area contributed by atoms with Crippen molar-refractivity contribution in [2.24, 2.45) is 0 Å². The summed E-state index contributed by atoms with van der Waals surface area (Å²) in [6.07, 6.45) is 7.14. The van der Waals surface area contributed by atoms with E-state index in [2.05, 4.69) is 41.9 Å². The van der Waals surface area contributed by atoms with E-state index in [0.29, 0.717) is 17.1 Å². The highest BCUT2D eigenvalue weighted by Gasteiger charge is 2.27. The summed E-state index contributed by atoms with van der Waals surface area (Å²) in [6.45, 7) is 7.83. The Balaban J connectivity index is 1.43. The van der Waals surface area contributed by atoms with Crippen molar-refractivity contribution in [3.8, 4) is 11.3 Å². The van der Waals surface area contributed by atoms with E-state index in [1.165, 1.54) is 0 Å². The number of anilines is 3. The third-order valence-electron chi connectivity index (χ3n) is 5.88.